The van der Waals surface area contributed by atoms with Crippen LogP contribution in [0.5, 0.6) is 11.5 Å². The summed E-state index contributed by atoms with van der Waals surface area (Å²) in [6.45, 7) is 12.4. The van der Waals surface area contributed by atoms with Gasteiger partial charge in [0.25, 0.3) is 0 Å². The molecule has 0 saturated heterocycles. The normalized spacial score (nSPS) is 19.5. The van der Waals surface area contributed by atoms with Gasteiger partial charge in [-0.2, -0.15) is 0 Å². The summed E-state index contributed by atoms with van der Waals surface area (Å²) in [7, 11) is -1.01. The smallest absolute Gasteiger partial charge is 0.160 e. The highest BCUT2D eigenvalue weighted by Gasteiger charge is 2.47. The lowest BCUT2D eigenvalue weighted by molar-refractivity contribution is 0.389. The summed E-state index contributed by atoms with van der Waals surface area (Å²) >= 11 is 0. The quantitative estimate of drug-likeness (QED) is 0.672. The van der Waals surface area contributed by atoms with Crippen LogP contribution in [-0.2, 0) is 4.57 Å². The van der Waals surface area contributed by atoms with Gasteiger partial charge in [0.05, 0.1) is 12.4 Å². The molecular formula is C21H27O3P. The van der Waals surface area contributed by atoms with Gasteiger partial charge in [-0.25, -0.2) is 0 Å². The maximum Gasteiger partial charge on any atom is 0.160 e. The molecule has 1 heterocycles. The zero-order valence-corrected chi connectivity index (χ0v) is 17.1. The van der Waals surface area contributed by atoms with Crippen LogP contribution in [0.15, 0.2) is 24.3 Å². The summed E-state index contributed by atoms with van der Waals surface area (Å²) in [5.41, 5.74) is 5.46. The van der Waals surface area contributed by atoms with Crippen LogP contribution < -0.4 is 14.8 Å². The Bertz CT molecular complexity index is 891. The number of rotatable bonds is 2. The molecule has 0 aromatic heterocycles. The standard InChI is InChI=1S/C21H27O3P/c1-13-11-14(2)19(23-7)18(15(13)3)16-9-8-10-17-20(16)25(22,12-24-17)21(4,5)6/h8-11H,12H2,1-7H3/t25-/m0/s1. The molecule has 3 rings (SSSR count). The Morgan fingerprint density at radius 2 is 1.80 bits per heavy atom. The second-order valence-corrected chi connectivity index (χ2v) is 11.4. The molecule has 0 unspecified atom stereocenters. The summed E-state index contributed by atoms with van der Waals surface area (Å²) < 4.78 is 25.6. The van der Waals surface area contributed by atoms with Gasteiger partial charge in [-0.15, -0.1) is 0 Å². The van der Waals surface area contributed by atoms with Gasteiger partial charge in [0.15, 0.2) is 7.14 Å². The number of hydrogen-bond donors (Lipinski definition) is 0. The van der Waals surface area contributed by atoms with Gasteiger partial charge in [0, 0.05) is 16.3 Å². The molecule has 0 aliphatic carbocycles. The molecule has 134 valence electrons. The molecule has 25 heavy (non-hydrogen) atoms. The highest BCUT2D eigenvalue weighted by Crippen LogP contribution is 2.63. The third-order valence-electron chi connectivity index (χ3n) is 5.30. The first-order valence-electron chi connectivity index (χ1n) is 8.62. The predicted molar refractivity (Wildman–Crippen MR) is 105 cm³/mol. The van der Waals surface area contributed by atoms with Crippen LogP contribution in [0.1, 0.15) is 37.5 Å². The summed E-state index contributed by atoms with van der Waals surface area (Å²) in [6, 6.07) is 8.09. The first kappa shape index (κ1) is 18.1. The van der Waals surface area contributed by atoms with Gasteiger partial charge in [-0.05, 0) is 43.5 Å². The third-order valence-corrected chi connectivity index (χ3v) is 9.15. The van der Waals surface area contributed by atoms with Crippen molar-refractivity contribution in [1.29, 1.82) is 0 Å². The molecule has 0 spiro atoms. The highest BCUT2D eigenvalue weighted by molar-refractivity contribution is 7.73. The van der Waals surface area contributed by atoms with Crippen LogP contribution in [-0.4, -0.2) is 18.6 Å². The number of aryl methyl sites for hydroxylation is 2. The SMILES string of the molecule is COc1c(C)cc(C)c(C)c1-c1cccc2c1[P@](=O)(C(C)(C)C)CO2. The minimum absolute atomic E-state index is 0.273. The number of benzene rings is 2. The average molecular weight is 358 g/mol. The number of fused-ring (bicyclic) bond motifs is 1. The number of hydrogen-bond acceptors (Lipinski definition) is 3. The summed E-state index contributed by atoms with van der Waals surface area (Å²) in [5.74, 6) is 1.60. The van der Waals surface area contributed by atoms with E-state index in [1.165, 1.54) is 5.56 Å². The van der Waals surface area contributed by atoms with Gasteiger partial charge >= 0.3 is 0 Å². The van der Waals surface area contributed by atoms with Crippen LogP contribution in [0, 0.1) is 20.8 Å². The monoisotopic (exact) mass is 358 g/mol. The maximum absolute atomic E-state index is 14.0. The zero-order valence-electron chi connectivity index (χ0n) is 16.2. The maximum atomic E-state index is 14.0. The van der Waals surface area contributed by atoms with Crippen molar-refractivity contribution >= 4 is 12.4 Å². The largest absolute Gasteiger partial charge is 0.496 e. The Balaban J connectivity index is 2.41. The molecule has 2 aromatic rings. The first-order valence-corrected chi connectivity index (χ1v) is 10.5. The van der Waals surface area contributed by atoms with Crippen LogP contribution in [0.4, 0.5) is 0 Å². The van der Waals surface area contributed by atoms with E-state index in [0.717, 1.165) is 39.1 Å². The van der Waals surface area contributed by atoms with Crippen LogP contribution in [0.3, 0.4) is 0 Å². The lowest BCUT2D eigenvalue weighted by atomic mass is 9.93. The van der Waals surface area contributed by atoms with Gasteiger partial charge < -0.3 is 14.0 Å². The molecule has 0 bridgehead atoms. The Morgan fingerprint density at radius 1 is 1.12 bits per heavy atom. The fraction of sp³-hybridized carbons (Fsp3) is 0.429. The van der Waals surface area contributed by atoms with Crippen LogP contribution in [0.2, 0.25) is 0 Å². The number of ether oxygens (including phenoxy) is 2. The Kier molecular flexibility index (Phi) is 4.28. The van der Waals surface area contributed by atoms with Crippen LogP contribution >= 0.6 is 7.14 Å². The zero-order chi connectivity index (χ0) is 18.6. The van der Waals surface area contributed by atoms with Crippen molar-refractivity contribution in [2.75, 3.05) is 13.5 Å². The Morgan fingerprint density at radius 3 is 2.40 bits per heavy atom. The first-order chi connectivity index (χ1) is 11.6. The molecule has 1 aliphatic heterocycles. The van der Waals surface area contributed by atoms with Crippen molar-refractivity contribution in [3.05, 3.63) is 41.0 Å². The van der Waals surface area contributed by atoms with Gasteiger partial charge in [-0.3, -0.25) is 0 Å². The van der Waals surface area contributed by atoms with E-state index in [-0.39, 0.29) is 11.5 Å². The van der Waals surface area contributed by atoms with E-state index in [9.17, 15) is 4.57 Å². The summed E-state index contributed by atoms with van der Waals surface area (Å²) in [6.07, 6.45) is 0.273. The minimum atomic E-state index is -2.71. The summed E-state index contributed by atoms with van der Waals surface area (Å²) in [4.78, 5) is 0. The van der Waals surface area contributed by atoms with E-state index >= 15 is 0 Å². The molecule has 4 heteroatoms. The van der Waals surface area contributed by atoms with Crippen molar-refractivity contribution in [2.24, 2.45) is 0 Å². The molecule has 0 radical (unpaired) electrons. The molecule has 0 fully saturated rings. The van der Waals surface area contributed by atoms with Gasteiger partial charge in [0.2, 0.25) is 0 Å². The van der Waals surface area contributed by atoms with Crippen LogP contribution in [0.25, 0.3) is 11.1 Å². The second kappa shape index (κ2) is 5.92. The fourth-order valence-corrected chi connectivity index (χ4v) is 6.20. The van der Waals surface area contributed by atoms with Crippen molar-refractivity contribution in [2.45, 2.75) is 46.7 Å². The van der Waals surface area contributed by atoms with E-state index < -0.39 is 7.14 Å². The van der Waals surface area contributed by atoms with E-state index in [2.05, 4.69) is 32.9 Å². The van der Waals surface area contributed by atoms with Gasteiger partial charge in [0.1, 0.15) is 17.8 Å². The van der Waals surface area contributed by atoms with E-state index in [1.807, 2.05) is 32.9 Å². The molecule has 0 saturated carbocycles. The van der Waals surface area contributed by atoms with Crippen molar-refractivity contribution in [1.82, 2.24) is 0 Å². The van der Waals surface area contributed by atoms with E-state index in [0.29, 0.717) is 0 Å². The molecule has 1 aliphatic rings. The fourth-order valence-electron chi connectivity index (χ4n) is 3.62. The molecular weight excluding hydrogens is 331 g/mol. The molecule has 2 aromatic carbocycles. The summed E-state index contributed by atoms with van der Waals surface area (Å²) in [5, 5.41) is 0.517. The average Bonchev–Trinajstić information content (AvgIpc) is 2.89. The second-order valence-electron chi connectivity index (χ2n) is 7.88. The molecule has 0 N–H and O–H groups in total. The minimum Gasteiger partial charge on any atom is -0.496 e. The van der Waals surface area contributed by atoms with Crippen molar-refractivity contribution < 1.29 is 14.0 Å². The van der Waals surface area contributed by atoms with E-state index in [1.54, 1.807) is 7.11 Å². The van der Waals surface area contributed by atoms with E-state index in [4.69, 9.17) is 9.47 Å². The third kappa shape index (κ3) is 2.60. The van der Waals surface area contributed by atoms with Crippen molar-refractivity contribution in [3.63, 3.8) is 0 Å². The van der Waals surface area contributed by atoms with Crippen molar-refractivity contribution in [3.8, 4) is 22.6 Å². The Labute approximate surface area is 150 Å². The molecule has 0 amide bonds. The topological polar surface area (TPSA) is 35.5 Å². The number of methoxy groups -OCH3 is 1. The lowest BCUT2D eigenvalue weighted by Gasteiger charge is -2.28. The predicted octanol–water partition coefficient (Wildman–Crippen LogP) is 5.42. The molecule has 3 nitrogen and oxygen atoms in total. The van der Waals surface area contributed by atoms with Gasteiger partial charge in [-0.1, -0.05) is 39.0 Å². The lowest BCUT2D eigenvalue weighted by Crippen LogP contribution is -2.23. The highest BCUT2D eigenvalue weighted by atomic mass is 31.2. The Hall–Kier alpha value is -1.73. The molecule has 1 atom stereocenters.